The highest BCUT2D eigenvalue weighted by atomic mass is 79.9. The van der Waals surface area contributed by atoms with Crippen molar-refractivity contribution in [3.63, 3.8) is 0 Å². The normalized spacial score (nSPS) is 12.2. The SMILES string of the molecule is Brc1ccc2cc3oc4c(ccc5c6ccccc6oc54)c3cc2c1. The van der Waals surface area contributed by atoms with Gasteiger partial charge in [0.2, 0.25) is 0 Å². The molecule has 2 heterocycles. The zero-order valence-corrected chi connectivity index (χ0v) is 14.6. The third-order valence-corrected chi connectivity index (χ3v) is 5.40. The van der Waals surface area contributed by atoms with Gasteiger partial charge in [-0.2, -0.15) is 0 Å². The maximum absolute atomic E-state index is 6.23. The highest BCUT2D eigenvalue weighted by molar-refractivity contribution is 9.10. The van der Waals surface area contributed by atoms with E-state index in [1.165, 1.54) is 5.39 Å². The number of hydrogen-bond donors (Lipinski definition) is 0. The monoisotopic (exact) mass is 386 g/mol. The maximum atomic E-state index is 6.23. The van der Waals surface area contributed by atoms with Crippen LogP contribution in [-0.2, 0) is 0 Å². The molecule has 6 rings (SSSR count). The van der Waals surface area contributed by atoms with Crippen molar-refractivity contribution in [2.45, 2.75) is 0 Å². The van der Waals surface area contributed by atoms with E-state index in [2.05, 4.69) is 58.4 Å². The van der Waals surface area contributed by atoms with E-state index in [1.807, 2.05) is 24.3 Å². The fourth-order valence-corrected chi connectivity index (χ4v) is 4.11. The number of hydrogen-bond acceptors (Lipinski definition) is 2. The molecule has 0 bridgehead atoms. The van der Waals surface area contributed by atoms with Crippen molar-refractivity contribution in [3.8, 4) is 0 Å². The molecule has 2 nitrogen and oxygen atoms in total. The highest BCUT2D eigenvalue weighted by Gasteiger charge is 2.16. The molecule has 0 fully saturated rings. The van der Waals surface area contributed by atoms with Crippen molar-refractivity contribution in [2.75, 3.05) is 0 Å². The van der Waals surface area contributed by atoms with Gasteiger partial charge in [0.15, 0.2) is 11.2 Å². The molecule has 118 valence electrons. The fraction of sp³-hybridized carbons (Fsp3) is 0. The Labute approximate surface area is 150 Å². The Morgan fingerprint density at radius 3 is 2.20 bits per heavy atom. The van der Waals surface area contributed by atoms with Crippen molar-refractivity contribution >= 4 is 70.6 Å². The Balaban J connectivity index is 1.82. The zero-order chi connectivity index (χ0) is 16.5. The summed E-state index contributed by atoms with van der Waals surface area (Å²) >= 11 is 3.55. The second-order valence-electron chi connectivity index (χ2n) is 6.36. The van der Waals surface area contributed by atoms with Gasteiger partial charge < -0.3 is 8.83 Å². The molecule has 0 atom stereocenters. The molecule has 3 heteroatoms. The molecule has 0 saturated carbocycles. The molecular weight excluding hydrogens is 376 g/mol. The lowest BCUT2D eigenvalue weighted by Crippen LogP contribution is -1.73. The van der Waals surface area contributed by atoms with Crippen LogP contribution in [0.1, 0.15) is 0 Å². The number of rotatable bonds is 0. The van der Waals surface area contributed by atoms with E-state index in [4.69, 9.17) is 8.83 Å². The first kappa shape index (κ1) is 13.5. The van der Waals surface area contributed by atoms with Crippen molar-refractivity contribution < 1.29 is 8.83 Å². The van der Waals surface area contributed by atoms with Crippen LogP contribution in [0.3, 0.4) is 0 Å². The van der Waals surface area contributed by atoms with Crippen molar-refractivity contribution in [1.82, 2.24) is 0 Å². The third kappa shape index (κ3) is 1.79. The summed E-state index contributed by atoms with van der Waals surface area (Å²) in [6.45, 7) is 0. The van der Waals surface area contributed by atoms with Crippen molar-refractivity contribution in [1.29, 1.82) is 0 Å². The van der Waals surface area contributed by atoms with E-state index in [1.54, 1.807) is 0 Å². The summed E-state index contributed by atoms with van der Waals surface area (Å²) in [5.74, 6) is 0. The van der Waals surface area contributed by atoms with Crippen LogP contribution in [-0.4, -0.2) is 0 Å². The predicted octanol–water partition coefficient (Wildman–Crippen LogP) is 7.40. The van der Waals surface area contributed by atoms with Gasteiger partial charge in [0, 0.05) is 26.0 Å². The summed E-state index contributed by atoms with van der Waals surface area (Å²) in [4.78, 5) is 0. The molecule has 4 aromatic carbocycles. The van der Waals surface area contributed by atoms with Gasteiger partial charge in [0.05, 0.1) is 0 Å². The number of benzene rings is 4. The van der Waals surface area contributed by atoms with Crippen LogP contribution in [0.25, 0.3) is 54.6 Å². The van der Waals surface area contributed by atoms with Crippen LogP contribution in [0, 0.1) is 0 Å². The fourth-order valence-electron chi connectivity index (χ4n) is 3.73. The van der Waals surface area contributed by atoms with Gasteiger partial charge in [-0.15, -0.1) is 0 Å². The minimum absolute atomic E-state index is 0.818. The molecule has 0 aliphatic heterocycles. The van der Waals surface area contributed by atoms with Gasteiger partial charge in [0.1, 0.15) is 11.2 Å². The molecule has 0 radical (unpaired) electrons. The van der Waals surface area contributed by atoms with Crippen LogP contribution in [0.2, 0.25) is 0 Å². The van der Waals surface area contributed by atoms with Crippen LogP contribution >= 0.6 is 15.9 Å². The quantitative estimate of drug-likeness (QED) is 0.271. The number of furan rings is 2. The molecular formula is C22H11BrO2. The van der Waals surface area contributed by atoms with Crippen molar-refractivity contribution in [2.24, 2.45) is 0 Å². The molecule has 0 saturated heterocycles. The molecule has 2 aromatic heterocycles. The van der Waals surface area contributed by atoms with Gasteiger partial charge in [-0.25, -0.2) is 0 Å². The Kier molecular flexibility index (Phi) is 2.51. The van der Waals surface area contributed by atoms with E-state index >= 15 is 0 Å². The molecule has 0 aliphatic carbocycles. The number of para-hydroxylation sites is 1. The van der Waals surface area contributed by atoms with Gasteiger partial charge in [-0.3, -0.25) is 0 Å². The lowest BCUT2D eigenvalue weighted by molar-refractivity contribution is 0.633. The topological polar surface area (TPSA) is 26.3 Å². The Bertz CT molecular complexity index is 1450. The van der Waals surface area contributed by atoms with E-state index in [9.17, 15) is 0 Å². The van der Waals surface area contributed by atoms with Crippen LogP contribution in [0.4, 0.5) is 0 Å². The Morgan fingerprint density at radius 1 is 0.560 bits per heavy atom. The standard InChI is InChI=1S/C22H11BrO2/c23-14-6-5-12-11-20-18(10-13(12)9-14)17-8-7-16-15-3-1-2-4-19(15)24-21(16)22(17)25-20/h1-11H. The smallest absolute Gasteiger partial charge is 0.178 e. The molecule has 6 aromatic rings. The van der Waals surface area contributed by atoms with Crippen molar-refractivity contribution in [3.05, 3.63) is 71.2 Å². The lowest BCUT2D eigenvalue weighted by atomic mass is 10.1. The van der Waals surface area contributed by atoms with Crippen LogP contribution in [0.5, 0.6) is 0 Å². The van der Waals surface area contributed by atoms with E-state index < -0.39 is 0 Å². The van der Waals surface area contributed by atoms with Gasteiger partial charge in [-0.1, -0.05) is 40.2 Å². The second kappa shape index (κ2) is 4.64. The van der Waals surface area contributed by atoms with Crippen LogP contribution < -0.4 is 0 Å². The minimum atomic E-state index is 0.818. The third-order valence-electron chi connectivity index (χ3n) is 4.90. The molecule has 0 N–H and O–H groups in total. The first-order valence-electron chi connectivity index (χ1n) is 8.14. The summed E-state index contributed by atoms with van der Waals surface area (Å²) in [6.07, 6.45) is 0. The second-order valence-corrected chi connectivity index (χ2v) is 7.27. The Morgan fingerprint density at radius 2 is 1.32 bits per heavy atom. The van der Waals surface area contributed by atoms with E-state index in [0.717, 1.165) is 53.7 Å². The van der Waals surface area contributed by atoms with E-state index in [0.29, 0.717) is 0 Å². The molecule has 0 amide bonds. The molecule has 0 spiro atoms. The highest BCUT2D eigenvalue weighted by Crippen LogP contribution is 2.39. The average molecular weight is 387 g/mol. The van der Waals surface area contributed by atoms with Gasteiger partial charge >= 0.3 is 0 Å². The number of halogens is 1. The van der Waals surface area contributed by atoms with Crippen LogP contribution in [0.15, 0.2) is 80.0 Å². The predicted molar refractivity (Wildman–Crippen MR) is 106 cm³/mol. The maximum Gasteiger partial charge on any atom is 0.178 e. The Hall–Kier alpha value is -2.78. The summed E-state index contributed by atoms with van der Waals surface area (Å²) in [6, 6.07) is 22.9. The van der Waals surface area contributed by atoms with E-state index in [-0.39, 0.29) is 0 Å². The summed E-state index contributed by atoms with van der Waals surface area (Å²) in [7, 11) is 0. The zero-order valence-electron chi connectivity index (χ0n) is 13.0. The minimum Gasteiger partial charge on any atom is -0.452 e. The van der Waals surface area contributed by atoms with Gasteiger partial charge in [0.25, 0.3) is 0 Å². The summed E-state index contributed by atoms with van der Waals surface area (Å²) in [5, 5.41) is 6.76. The average Bonchev–Trinajstić information content (AvgIpc) is 3.17. The molecule has 0 aliphatic rings. The first-order chi connectivity index (χ1) is 12.3. The van der Waals surface area contributed by atoms with Gasteiger partial charge in [-0.05, 0) is 53.2 Å². The molecule has 25 heavy (non-hydrogen) atoms. The largest absolute Gasteiger partial charge is 0.452 e. The first-order valence-corrected chi connectivity index (χ1v) is 8.93. The lowest BCUT2D eigenvalue weighted by Gasteiger charge is -1.98. The molecule has 0 unspecified atom stereocenters. The summed E-state index contributed by atoms with van der Waals surface area (Å²) < 4.78 is 13.4. The number of fused-ring (bicyclic) bond motifs is 8. The summed E-state index contributed by atoms with van der Waals surface area (Å²) in [5.41, 5.74) is 3.41.